The predicted molar refractivity (Wildman–Crippen MR) is 62.8 cm³/mol. The molecular formula is C11H15NO3S. The van der Waals surface area contributed by atoms with Gasteiger partial charge in [-0.3, -0.25) is 9.00 Å². The highest BCUT2D eigenvalue weighted by atomic mass is 32.2. The molecule has 0 aromatic heterocycles. The zero-order valence-electron chi connectivity index (χ0n) is 9.27. The third kappa shape index (κ3) is 3.15. The van der Waals surface area contributed by atoms with Crippen molar-refractivity contribution in [1.29, 1.82) is 0 Å². The molecule has 16 heavy (non-hydrogen) atoms. The van der Waals surface area contributed by atoms with Gasteiger partial charge in [0, 0.05) is 4.90 Å². The summed E-state index contributed by atoms with van der Waals surface area (Å²) < 4.78 is 11.9. The van der Waals surface area contributed by atoms with Gasteiger partial charge in [0.15, 0.2) is 0 Å². The number of hydrogen-bond acceptors (Lipinski definition) is 3. The number of carboxylic acids is 1. The summed E-state index contributed by atoms with van der Waals surface area (Å²) in [6.45, 7) is 3.75. The van der Waals surface area contributed by atoms with Crippen LogP contribution in [0.4, 0.5) is 0 Å². The van der Waals surface area contributed by atoms with Crippen molar-refractivity contribution in [3.05, 3.63) is 29.3 Å². The maximum Gasteiger partial charge on any atom is 0.321 e. The molecule has 0 bridgehead atoms. The highest BCUT2D eigenvalue weighted by molar-refractivity contribution is 7.85. The number of aliphatic carboxylic acids is 1. The predicted octanol–water partition coefficient (Wildman–Crippen LogP) is 0.823. The molecule has 0 aliphatic heterocycles. The van der Waals surface area contributed by atoms with Gasteiger partial charge in [0.05, 0.1) is 16.6 Å². The first kappa shape index (κ1) is 12.9. The van der Waals surface area contributed by atoms with E-state index < -0.39 is 22.8 Å². The van der Waals surface area contributed by atoms with Crippen LogP contribution in [0.5, 0.6) is 0 Å². The number of aryl methyl sites for hydroxylation is 2. The second-order valence-corrected chi connectivity index (χ2v) is 5.19. The van der Waals surface area contributed by atoms with E-state index >= 15 is 0 Å². The highest BCUT2D eigenvalue weighted by Gasteiger charge is 2.17. The van der Waals surface area contributed by atoms with Crippen LogP contribution in [0, 0.1) is 13.8 Å². The standard InChI is InChI=1S/C11H15NO3S/c1-7-3-4-8(2)10(5-7)16(15)6-9(12)11(13)14/h3-5,9H,6,12H2,1-2H3,(H,13,14). The van der Waals surface area contributed by atoms with Gasteiger partial charge >= 0.3 is 5.97 Å². The zero-order chi connectivity index (χ0) is 12.3. The Kier molecular flexibility index (Phi) is 4.20. The lowest BCUT2D eigenvalue weighted by Crippen LogP contribution is -2.35. The maximum absolute atomic E-state index is 11.9. The Morgan fingerprint density at radius 2 is 2.12 bits per heavy atom. The molecule has 0 saturated carbocycles. The molecule has 0 saturated heterocycles. The van der Waals surface area contributed by atoms with E-state index in [2.05, 4.69) is 0 Å². The minimum atomic E-state index is -1.36. The summed E-state index contributed by atoms with van der Waals surface area (Å²) in [7, 11) is -1.36. The Balaban J connectivity index is 2.88. The van der Waals surface area contributed by atoms with E-state index in [0.29, 0.717) is 4.90 Å². The van der Waals surface area contributed by atoms with Gasteiger partial charge in [0.2, 0.25) is 0 Å². The fourth-order valence-electron chi connectivity index (χ4n) is 1.28. The van der Waals surface area contributed by atoms with Crippen molar-refractivity contribution in [2.24, 2.45) is 5.73 Å². The highest BCUT2D eigenvalue weighted by Crippen LogP contribution is 2.15. The average molecular weight is 241 g/mol. The Morgan fingerprint density at radius 1 is 1.50 bits per heavy atom. The Labute approximate surface area is 96.9 Å². The molecule has 0 aliphatic rings. The summed E-state index contributed by atoms with van der Waals surface area (Å²) in [4.78, 5) is 11.2. The Bertz CT molecular complexity index is 431. The first-order valence-corrected chi connectivity index (χ1v) is 6.17. The van der Waals surface area contributed by atoms with E-state index in [-0.39, 0.29) is 5.75 Å². The average Bonchev–Trinajstić information content (AvgIpc) is 2.21. The summed E-state index contributed by atoms with van der Waals surface area (Å²) in [5.74, 6) is -1.18. The maximum atomic E-state index is 11.9. The molecule has 5 heteroatoms. The zero-order valence-corrected chi connectivity index (χ0v) is 10.1. The van der Waals surface area contributed by atoms with E-state index in [4.69, 9.17) is 10.8 Å². The van der Waals surface area contributed by atoms with Crippen molar-refractivity contribution in [3.63, 3.8) is 0 Å². The van der Waals surface area contributed by atoms with Gasteiger partial charge in [-0.15, -0.1) is 0 Å². The summed E-state index contributed by atoms with van der Waals surface area (Å²) in [6, 6.07) is 4.52. The van der Waals surface area contributed by atoms with Gasteiger partial charge in [-0.1, -0.05) is 12.1 Å². The number of carboxylic acid groups (broad SMARTS) is 1. The number of hydrogen-bond donors (Lipinski definition) is 2. The third-order valence-corrected chi connectivity index (χ3v) is 3.83. The lowest BCUT2D eigenvalue weighted by molar-refractivity contribution is -0.137. The van der Waals surface area contributed by atoms with E-state index in [0.717, 1.165) is 11.1 Å². The summed E-state index contributed by atoms with van der Waals surface area (Å²) in [5.41, 5.74) is 7.24. The molecule has 88 valence electrons. The third-order valence-electron chi connectivity index (χ3n) is 2.24. The first-order valence-electron chi connectivity index (χ1n) is 4.86. The largest absolute Gasteiger partial charge is 0.480 e. The molecule has 0 spiro atoms. The summed E-state index contributed by atoms with van der Waals surface area (Å²) in [6.07, 6.45) is 0. The van der Waals surface area contributed by atoms with Crippen molar-refractivity contribution in [2.45, 2.75) is 24.8 Å². The number of benzene rings is 1. The van der Waals surface area contributed by atoms with Crippen molar-refractivity contribution in [1.82, 2.24) is 0 Å². The van der Waals surface area contributed by atoms with Gasteiger partial charge < -0.3 is 10.8 Å². The van der Waals surface area contributed by atoms with Gasteiger partial charge in [0.1, 0.15) is 6.04 Å². The molecule has 0 radical (unpaired) electrons. The van der Waals surface area contributed by atoms with Gasteiger partial charge in [0.25, 0.3) is 0 Å². The van der Waals surface area contributed by atoms with Crippen LogP contribution in [0.15, 0.2) is 23.1 Å². The number of carbonyl (C=O) groups is 1. The van der Waals surface area contributed by atoms with Crippen molar-refractivity contribution in [3.8, 4) is 0 Å². The molecule has 2 atom stereocenters. The van der Waals surface area contributed by atoms with Gasteiger partial charge in [-0.2, -0.15) is 0 Å². The normalized spacial score (nSPS) is 14.4. The molecule has 0 fully saturated rings. The summed E-state index contributed by atoms with van der Waals surface area (Å²) >= 11 is 0. The Hall–Kier alpha value is -1.20. The molecule has 3 N–H and O–H groups in total. The molecule has 1 aromatic carbocycles. The molecule has 0 heterocycles. The number of rotatable bonds is 4. The molecule has 4 nitrogen and oxygen atoms in total. The van der Waals surface area contributed by atoms with Crippen molar-refractivity contribution >= 4 is 16.8 Å². The van der Waals surface area contributed by atoms with Crippen LogP contribution in [0.25, 0.3) is 0 Å². The minimum absolute atomic E-state index is 0.0559. The summed E-state index contributed by atoms with van der Waals surface area (Å²) in [5, 5.41) is 8.64. The van der Waals surface area contributed by atoms with Crippen LogP contribution in [0.2, 0.25) is 0 Å². The van der Waals surface area contributed by atoms with Crippen LogP contribution < -0.4 is 5.73 Å². The van der Waals surface area contributed by atoms with E-state index in [1.165, 1.54) is 0 Å². The quantitative estimate of drug-likeness (QED) is 0.818. The lowest BCUT2D eigenvalue weighted by Gasteiger charge is -2.09. The molecular weight excluding hydrogens is 226 g/mol. The lowest BCUT2D eigenvalue weighted by atomic mass is 10.2. The van der Waals surface area contributed by atoms with Crippen LogP contribution in [-0.4, -0.2) is 27.1 Å². The van der Waals surface area contributed by atoms with E-state index in [1.807, 2.05) is 26.0 Å². The SMILES string of the molecule is Cc1ccc(C)c(S(=O)CC(N)C(=O)O)c1. The molecule has 2 unspecified atom stereocenters. The fourth-order valence-corrected chi connectivity index (χ4v) is 2.67. The topological polar surface area (TPSA) is 80.4 Å². The second-order valence-electron chi connectivity index (χ2n) is 3.73. The minimum Gasteiger partial charge on any atom is -0.480 e. The Morgan fingerprint density at radius 3 is 2.69 bits per heavy atom. The van der Waals surface area contributed by atoms with E-state index in [9.17, 15) is 9.00 Å². The van der Waals surface area contributed by atoms with Crippen molar-refractivity contribution < 1.29 is 14.1 Å². The smallest absolute Gasteiger partial charge is 0.321 e. The van der Waals surface area contributed by atoms with Gasteiger partial charge in [-0.25, -0.2) is 0 Å². The second kappa shape index (κ2) is 5.23. The fraction of sp³-hybridized carbons (Fsp3) is 0.364. The monoisotopic (exact) mass is 241 g/mol. The van der Waals surface area contributed by atoms with Crippen LogP contribution >= 0.6 is 0 Å². The molecule has 1 aromatic rings. The first-order chi connectivity index (χ1) is 7.41. The van der Waals surface area contributed by atoms with Crippen LogP contribution in [0.3, 0.4) is 0 Å². The molecule has 0 aliphatic carbocycles. The van der Waals surface area contributed by atoms with Crippen molar-refractivity contribution in [2.75, 3.05) is 5.75 Å². The van der Waals surface area contributed by atoms with Crippen LogP contribution in [-0.2, 0) is 15.6 Å². The molecule has 1 rings (SSSR count). The molecule has 0 amide bonds. The van der Waals surface area contributed by atoms with Gasteiger partial charge in [-0.05, 0) is 31.0 Å². The number of nitrogens with two attached hydrogens (primary N) is 1. The van der Waals surface area contributed by atoms with Crippen LogP contribution in [0.1, 0.15) is 11.1 Å². The van der Waals surface area contributed by atoms with E-state index in [1.54, 1.807) is 6.07 Å².